The van der Waals surface area contributed by atoms with Crippen LogP contribution < -0.4 is 0 Å². The Labute approximate surface area is 575 Å². The molecule has 2 unspecified atom stereocenters. The van der Waals surface area contributed by atoms with Crippen molar-refractivity contribution >= 4 is 39.5 Å². The SMILES string of the molecule is CCCCCCCCCC(=O)OC[C@H](COP(=O)(O)OC[C@H](O)COP(=O)(O)OC[C@@H](COC(=O)CCCCCCCCCCCCCCCC(C)C)OC(=O)CCCCCCCCCCCCCCCCCCC(C)C)OC(=O)CCCCCCCCCCCC(C)C. The number of ether oxygens (including phenoxy) is 4. The van der Waals surface area contributed by atoms with E-state index >= 15 is 0 Å². The molecule has 0 aromatic heterocycles. The number of phosphoric acid groups is 2. The molecule has 0 aliphatic carbocycles. The van der Waals surface area contributed by atoms with Crippen LogP contribution in [0.25, 0.3) is 0 Å². The van der Waals surface area contributed by atoms with Crippen molar-refractivity contribution in [3.8, 4) is 0 Å². The summed E-state index contributed by atoms with van der Waals surface area (Å²) in [5.41, 5.74) is 0. The molecule has 0 aromatic carbocycles. The van der Waals surface area contributed by atoms with E-state index in [1.807, 2.05) is 0 Å². The van der Waals surface area contributed by atoms with E-state index in [4.69, 9.17) is 37.0 Å². The third kappa shape index (κ3) is 68.6. The van der Waals surface area contributed by atoms with Crippen molar-refractivity contribution in [3.05, 3.63) is 0 Å². The smallest absolute Gasteiger partial charge is 0.462 e. The summed E-state index contributed by atoms with van der Waals surface area (Å²) in [5, 5.41) is 10.6. The molecule has 0 bridgehead atoms. The van der Waals surface area contributed by atoms with Gasteiger partial charge >= 0.3 is 39.5 Å². The zero-order valence-corrected chi connectivity index (χ0v) is 63.2. The molecule has 0 saturated carbocycles. The molecule has 3 N–H and O–H groups in total. The number of rotatable bonds is 73. The summed E-state index contributed by atoms with van der Waals surface area (Å²) < 4.78 is 68.4. The summed E-state index contributed by atoms with van der Waals surface area (Å²) in [7, 11) is -9.90. The predicted molar refractivity (Wildman–Crippen MR) is 381 cm³/mol. The maximum Gasteiger partial charge on any atom is 0.472 e. The van der Waals surface area contributed by atoms with Gasteiger partial charge in [-0.3, -0.25) is 37.3 Å². The van der Waals surface area contributed by atoms with Crippen molar-refractivity contribution in [3.63, 3.8) is 0 Å². The third-order valence-electron chi connectivity index (χ3n) is 17.4. The lowest BCUT2D eigenvalue weighted by Gasteiger charge is -2.21. The molecule has 94 heavy (non-hydrogen) atoms. The lowest BCUT2D eigenvalue weighted by atomic mass is 10.0. The van der Waals surface area contributed by atoms with Gasteiger partial charge in [-0.15, -0.1) is 0 Å². The van der Waals surface area contributed by atoms with Crippen LogP contribution in [0.1, 0.15) is 382 Å². The standard InChI is InChI=1S/C75H146O17P2/c1-8-9-10-11-32-42-49-56-72(77)85-62-70(91-75(80)59-52-45-38-31-25-28-35-41-48-55-68(6)7)64-89-93(81,82)87-60-69(76)61-88-94(83,84)90-65-71(63-86-73(78)57-50-43-36-29-23-20-16-18-22-27-34-40-47-54-67(4)5)92-74(79)58-51-44-37-30-24-19-15-13-12-14-17-21-26-33-39-46-53-66(2)3/h66-71,76H,8-65H2,1-7H3,(H,81,82)(H,83,84)/t69-,70+,71+/m0/s1. The van der Waals surface area contributed by atoms with E-state index in [2.05, 4.69) is 48.5 Å². The van der Waals surface area contributed by atoms with Gasteiger partial charge in [0.15, 0.2) is 12.2 Å². The molecular weight excluding hydrogens is 1230 g/mol. The molecule has 0 aliphatic heterocycles. The van der Waals surface area contributed by atoms with E-state index in [-0.39, 0.29) is 25.7 Å². The van der Waals surface area contributed by atoms with Crippen molar-refractivity contribution < 1.29 is 80.2 Å². The fourth-order valence-electron chi connectivity index (χ4n) is 11.4. The lowest BCUT2D eigenvalue weighted by Crippen LogP contribution is -2.30. The van der Waals surface area contributed by atoms with Crippen molar-refractivity contribution in [1.82, 2.24) is 0 Å². The molecular formula is C75H146O17P2. The zero-order valence-electron chi connectivity index (χ0n) is 61.4. The van der Waals surface area contributed by atoms with Crippen LogP contribution in [0.2, 0.25) is 0 Å². The van der Waals surface area contributed by atoms with Crippen molar-refractivity contribution in [2.75, 3.05) is 39.6 Å². The molecule has 0 fully saturated rings. The second-order valence-electron chi connectivity index (χ2n) is 28.5. The van der Waals surface area contributed by atoms with Crippen molar-refractivity contribution in [2.45, 2.75) is 401 Å². The van der Waals surface area contributed by atoms with Crippen LogP contribution >= 0.6 is 15.6 Å². The van der Waals surface area contributed by atoms with Gasteiger partial charge in [-0.25, -0.2) is 9.13 Å². The number of carbonyl (C=O) groups is 4. The normalized spacial score (nSPS) is 14.1. The first-order valence-corrected chi connectivity index (χ1v) is 41.8. The average Bonchev–Trinajstić information content (AvgIpc) is 1.22. The van der Waals surface area contributed by atoms with Crippen LogP contribution in [0.15, 0.2) is 0 Å². The second kappa shape index (κ2) is 65.7. The molecule has 0 heterocycles. The number of hydrogen-bond donors (Lipinski definition) is 3. The van der Waals surface area contributed by atoms with E-state index in [1.165, 1.54) is 180 Å². The molecule has 19 heteroatoms. The zero-order chi connectivity index (χ0) is 69.4. The Morgan fingerprint density at radius 2 is 0.489 bits per heavy atom. The predicted octanol–water partition coefficient (Wildman–Crippen LogP) is 21.8. The number of hydrogen-bond acceptors (Lipinski definition) is 15. The van der Waals surface area contributed by atoms with E-state index in [0.29, 0.717) is 25.7 Å². The molecule has 0 amide bonds. The van der Waals surface area contributed by atoms with Crippen LogP contribution in [0.4, 0.5) is 0 Å². The fraction of sp³-hybridized carbons (Fsp3) is 0.947. The summed E-state index contributed by atoms with van der Waals surface area (Å²) in [6, 6.07) is 0. The average molecular weight is 1380 g/mol. The van der Waals surface area contributed by atoms with Crippen LogP contribution in [0.5, 0.6) is 0 Å². The first-order valence-electron chi connectivity index (χ1n) is 38.8. The van der Waals surface area contributed by atoms with Crippen LogP contribution in [0, 0.1) is 17.8 Å². The van der Waals surface area contributed by atoms with E-state index in [0.717, 1.165) is 120 Å². The van der Waals surface area contributed by atoms with Crippen molar-refractivity contribution in [1.29, 1.82) is 0 Å². The lowest BCUT2D eigenvalue weighted by molar-refractivity contribution is -0.161. The van der Waals surface area contributed by atoms with Gasteiger partial charge in [0.05, 0.1) is 26.4 Å². The molecule has 0 saturated heterocycles. The van der Waals surface area contributed by atoms with E-state index in [9.17, 15) is 43.2 Å². The van der Waals surface area contributed by atoms with E-state index in [1.54, 1.807) is 0 Å². The van der Waals surface area contributed by atoms with Gasteiger partial charge in [0.1, 0.15) is 19.3 Å². The largest absolute Gasteiger partial charge is 0.472 e. The molecule has 17 nitrogen and oxygen atoms in total. The number of carbonyl (C=O) groups excluding carboxylic acids is 4. The van der Waals surface area contributed by atoms with Gasteiger partial charge in [0.2, 0.25) is 0 Å². The maximum atomic E-state index is 13.1. The maximum absolute atomic E-state index is 13.1. The number of unbranched alkanes of at least 4 members (excludes halogenated alkanes) is 41. The first-order chi connectivity index (χ1) is 45.2. The molecule has 558 valence electrons. The second-order valence-corrected chi connectivity index (χ2v) is 31.4. The summed E-state index contributed by atoms with van der Waals surface area (Å²) in [5.74, 6) is 0.213. The fourth-order valence-corrected chi connectivity index (χ4v) is 13.0. The number of aliphatic hydroxyl groups is 1. The molecule has 5 atom stereocenters. The van der Waals surface area contributed by atoms with Gasteiger partial charge in [0, 0.05) is 25.7 Å². The highest BCUT2D eigenvalue weighted by molar-refractivity contribution is 7.47. The van der Waals surface area contributed by atoms with Crippen LogP contribution in [-0.4, -0.2) is 96.7 Å². The first kappa shape index (κ1) is 92.1. The van der Waals surface area contributed by atoms with Crippen molar-refractivity contribution in [2.24, 2.45) is 17.8 Å². The van der Waals surface area contributed by atoms with Crippen LogP contribution in [-0.2, 0) is 65.4 Å². The van der Waals surface area contributed by atoms with E-state index < -0.39 is 97.5 Å². The summed E-state index contributed by atoms with van der Waals surface area (Å²) in [6.07, 6.45) is 51.5. The Balaban J connectivity index is 5.19. The molecule has 0 radical (unpaired) electrons. The van der Waals surface area contributed by atoms with Gasteiger partial charge in [-0.2, -0.15) is 0 Å². The minimum Gasteiger partial charge on any atom is -0.462 e. The Morgan fingerprint density at radius 1 is 0.287 bits per heavy atom. The highest BCUT2D eigenvalue weighted by atomic mass is 31.2. The molecule has 0 aliphatic rings. The number of phosphoric ester groups is 2. The minimum atomic E-state index is -4.96. The topological polar surface area (TPSA) is 237 Å². The highest BCUT2D eigenvalue weighted by Crippen LogP contribution is 2.45. The number of aliphatic hydroxyl groups excluding tert-OH is 1. The quantitative estimate of drug-likeness (QED) is 0.0222. The highest BCUT2D eigenvalue weighted by Gasteiger charge is 2.30. The van der Waals surface area contributed by atoms with Gasteiger partial charge in [-0.05, 0) is 43.4 Å². The Morgan fingerprint density at radius 3 is 0.723 bits per heavy atom. The Kier molecular flexibility index (Phi) is 64.3. The van der Waals surface area contributed by atoms with Gasteiger partial charge in [-0.1, -0.05) is 331 Å². The van der Waals surface area contributed by atoms with Crippen LogP contribution in [0.3, 0.4) is 0 Å². The van der Waals surface area contributed by atoms with Gasteiger partial charge in [0.25, 0.3) is 0 Å². The molecule has 0 aromatic rings. The third-order valence-corrected chi connectivity index (χ3v) is 19.3. The summed E-state index contributed by atoms with van der Waals surface area (Å²) in [6.45, 7) is 11.9. The monoisotopic (exact) mass is 1380 g/mol. The Hall–Kier alpha value is -1.94. The molecule has 0 spiro atoms. The Bertz CT molecular complexity index is 1840. The number of esters is 4. The summed E-state index contributed by atoms with van der Waals surface area (Å²) >= 11 is 0. The minimum absolute atomic E-state index is 0.105. The van der Waals surface area contributed by atoms with Gasteiger partial charge < -0.3 is 33.8 Å². The summed E-state index contributed by atoms with van der Waals surface area (Å²) in [4.78, 5) is 72.6. The molecule has 0 rings (SSSR count).